The monoisotopic (exact) mass is 304 g/mol. The lowest BCUT2D eigenvalue weighted by atomic mass is 9.81. The van der Waals surface area contributed by atoms with Gasteiger partial charge in [0.25, 0.3) is 0 Å². The number of benzene rings is 1. The third kappa shape index (κ3) is 4.59. The van der Waals surface area contributed by atoms with E-state index in [1.54, 1.807) is 0 Å². The van der Waals surface area contributed by atoms with Gasteiger partial charge in [-0.3, -0.25) is 4.79 Å². The van der Waals surface area contributed by atoms with Gasteiger partial charge in [0, 0.05) is 0 Å². The standard InChI is InChI=1S/C20H32O2/c1-13(2)15-10-16(19(5,6)7)12-17(11-15)20(8,9)22-18(21)14(3)4/h10-14H,1-9H3. The van der Waals surface area contributed by atoms with Gasteiger partial charge in [0.05, 0.1) is 5.92 Å². The van der Waals surface area contributed by atoms with Crippen molar-refractivity contribution in [3.63, 3.8) is 0 Å². The summed E-state index contributed by atoms with van der Waals surface area (Å²) < 4.78 is 5.75. The van der Waals surface area contributed by atoms with Gasteiger partial charge in [-0.25, -0.2) is 0 Å². The van der Waals surface area contributed by atoms with Crippen LogP contribution in [0.5, 0.6) is 0 Å². The third-order valence-corrected chi connectivity index (χ3v) is 4.01. The molecule has 124 valence electrons. The Labute approximate surface area is 136 Å². The zero-order valence-electron chi connectivity index (χ0n) is 15.7. The summed E-state index contributed by atoms with van der Waals surface area (Å²) >= 11 is 0. The van der Waals surface area contributed by atoms with E-state index >= 15 is 0 Å². The predicted octanol–water partition coefficient (Wildman–Crippen LogP) is 5.54. The largest absolute Gasteiger partial charge is 0.455 e. The Bertz CT molecular complexity index is 531. The first-order valence-corrected chi connectivity index (χ1v) is 8.23. The summed E-state index contributed by atoms with van der Waals surface area (Å²) in [5.41, 5.74) is 3.08. The first-order valence-electron chi connectivity index (χ1n) is 8.23. The Morgan fingerprint density at radius 2 is 1.41 bits per heavy atom. The van der Waals surface area contributed by atoms with Gasteiger partial charge in [-0.05, 0) is 41.9 Å². The van der Waals surface area contributed by atoms with Crippen molar-refractivity contribution in [2.24, 2.45) is 5.92 Å². The molecule has 0 unspecified atom stereocenters. The summed E-state index contributed by atoms with van der Waals surface area (Å²) in [6.45, 7) is 18.7. The van der Waals surface area contributed by atoms with Crippen LogP contribution in [0, 0.1) is 5.92 Å². The molecule has 0 atom stereocenters. The molecule has 0 saturated heterocycles. The SMILES string of the molecule is CC(C)C(=O)OC(C)(C)c1cc(C(C)C)cc(C(C)(C)C)c1. The van der Waals surface area contributed by atoms with Gasteiger partial charge in [-0.15, -0.1) is 0 Å². The molecule has 22 heavy (non-hydrogen) atoms. The molecular formula is C20H32O2. The summed E-state index contributed by atoms with van der Waals surface area (Å²) in [7, 11) is 0. The van der Waals surface area contributed by atoms with Crippen molar-refractivity contribution in [2.45, 2.75) is 79.2 Å². The molecule has 1 rings (SSSR count). The lowest BCUT2D eigenvalue weighted by Gasteiger charge is -2.30. The van der Waals surface area contributed by atoms with Crippen molar-refractivity contribution in [1.82, 2.24) is 0 Å². The number of carbonyl (C=O) groups excluding carboxylic acids is 1. The number of hydrogen-bond acceptors (Lipinski definition) is 2. The third-order valence-electron chi connectivity index (χ3n) is 4.01. The Kier molecular flexibility index (Phi) is 5.48. The maximum absolute atomic E-state index is 12.0. The van der Waals surface area contributed by atoms with Crippen molar-refractivity contribution >= 4 is 5.97 Å². The summed E-state index contributed by atoms with van der Waals surface area (Å²) in [5, 5.41) is 0. The Morgan fingerprint density at radius 3 is 1.82 bits per heavy atom. The van der Waals surface area contributed by atoms with Crippen LogP contribution in [0.2, 0.25) is 0 Å². The van der Waals surface area contributed by atoms with Crippen molar-refractivity contribution < 1.29 is 9.53 Å². The number of carbonyl (C=O) groups is 1. The first-order chi connectivity index (χ1) is 9.84. The van der Waals surface area contributed by atoms with Crippen LogP contribution in [0.15, 0.2) is 18.2 Å². The fourth-order valence-corrected chi connectivity index (χ4v) is 2.19. The topological polar surface area (TPSA) is 26.3 Å². The quantitative estimate of drug-likeness (QED) is 0.682. The smallest absolute Gasteiger partial charge is 0.309 e. The maximum atomic E-state index is 12.0. The lowest BCUT2D eigenvalue weighted by Crippen LogP contribution is -2.28. The number of ether oxygens (including phenoxy) is 1. The minimum Gasteiger partial charge on any atom is -0.455 e. The van der Waals surface area contributed by atoms with Gasteiger partial charge < -0.3 is 4.74 Å². The van der Waals surface area contributed by atoms with Gasteiger partial charge in [-0.2, -0.15) is 0 Å². The van der Waals surface area contributed by atoms with E-state index in [4.69, 9.17) is 4.74 Å². The Hall–Kier alpha value is -1.31. The van der Waals surface area contributed by atoms with Gasteiger partial charge >= 0.3 is 5.97 Å². The van der Waals surface area contributed by atoms with Crippen LogP contribution >= 0.6 is 0 Å². The highest BCUT2D eigenvalue weighted by Gasteiger charge is 2.29. The molecule has 0 N–H and O–H groups in total. The number of esters is 1. The van der Waals surface area contributed by atoms with E-state index in [1.165, 1.54) is 11.1 Å². The average Bonchev–Trinajstić information content (AvgIpc) is 2.36. The van der Waals surface area contributed by atoms with Crippen LogP contribution in [-0.2, 0) is 20.5 Å². The van der Waals surface area contributed by atoms with Gasteiger partial charge in [0.2, 0.25) is 0 Å². The fourth-order valence-electron chi connectivity index (χ4n) is 2.19. The average molecular weight is 304 g/mol. The molecular weight excluding hydrogens is 272 g/mol. The van der Waals surface area contributed by atoms with Crippen LogP contribution in [0.3, 0.4) is 0 Å². The minimum absolute atomic E-state index is 0.0672. The van der Waals surface area contributed by atoms with Crippen molar-refractivity contribution in [3.05, 3.63) is 34.9 Å². The van der Waals surface area contributed by atoms with E-state index in [2.05, 4.69) is 52.8 Å². The van der Waals surface area contributed by atoms with Crippen molar-refractivity contribution in [3.8, 4) is 0 Å². The van der Waals surface area contributed by atoms with Gasteiger partial charge in [0.15, 0.2) is 0 Å². The molecule has 2 heteroatoms. The minimum atomic E-state index is -0.619. The fraction of sp³-hybridized carbons (Fsp3) is 0.650. The molecule has 0 aliphatic rings. The second-order valence-electron chi connectivity index (χ2n) is 8.33. The highest BCUT2D eigenvalue weighted by atomic mass is 16.6. The molecule has 0 heterocycles. The van der Waals surface area contributed by atoms with E-state index in [9.17, 15) is 4.79 Å². The summed E-state index contributed by atoms with van der Waals surface area (Å²) in [6, 6.07) is 6.63. The highest BCUT2D eigenvalue weighted by molar-refractivity contribution is 5.72. The molecule has 1 aromatic rings. The van der Waals surface area contributed by atoms with E-state index < -0.39 is 5.60 Å². The highest BCUT2D eigenvalue weighted by Crippen LogP contribution is 2.33. The molecule has 1 aromatic carbocycles. The Morgan fingerprint density at radius 1 is 0.909 bits per heavy atom. The van der Waals surface area contributed by atoms with Gasteiger partial charge in [-0.1, -0.05) is 66.7 Å². The zero-order valence-corrected chi connectivity index (χ0v) is 15.7. The molecule has 0 saturated carbocycles. The summed E-state index contributed by atoms with van der Waals surface area (Å²) in [6.07, 6.45) is 0. The second-order valence-corrected chi connectivity index (χ2v) is 8.33. The lowest BCUT2D eigenvalue weighted by molar-refractivity contribution is -0.161. The van der Waals surface area contributed by atoms with Crippen LogP contribution < -0.4 is 0 Å². The van der Waals surface area contributed by atoms with Gasteiger partial charge in [0.1, 0.15) is 5.60 Å². The number of hydrogen-bond donors (Lipinski definition) is 0. The van der Waals surface area contributed by atoms with Crippen LogP contribution in [-0.4, -0.2) is 5.97 Å². The normalized spacial score (nSPS) is 12.9. The zero-order chi connectivity index (χ0) is 17.3. The molecule has 0 bridgehead atoms. The molecule has 0 aliphatic carbocycles. The van der Waals surface area contributed by atoms with Crippen molar-refractivity contribution in [1.29, 1.82) is 0 Å². The molecule has 0 radical (unpaired) electrons. The Balaban J connectivity index is 3.33. The van der Waals surface area contributed by atoms with E-state index in [0.717, 1.165) is 5.56 Å². The van der Waals surface area contributed by atoms with E-state index in [1.807, 2.05) is 27.7 Å². The molecule has 0 aromatic heterocycles. The summed E-state index contributed by atoms with van der Waals surface area (Å²) in [4.78, 5) is 12.0. The van der Waals surface area contributed by atoms with Crippen LogP contribution in [0.1, 0.15) is 84.9 Å². The maximum Gasteiger partial charge on any atom is 0.309 e. The molecule has 0 amide bonds. The van der Waals surface area contributed by atoms with Crippen molar-refractivity contribution in [2.75, 3.05) is 0 Å². The first kappa shape index (κ1) is 18.7. The molecule has 2 nitrogen and oxygen atoms in total. The summed E-state index contributed by atoms with van der Waals surface area (Å²) in [5.74, 6) is 0.171. The van der Waals surface area contributed by atoms with Crippen LogP contribution in [0.4, 0.5) is 0 Å². The van der Waals surface area contributed by atoms with Crippen LogP contribution in [0.25, 0.3) is 0 Å². The van der Waals surface area contributed by atoms with E-state index in [0.29, 0.717) is 5.92 Å². The molecule has 0 fully saturated rings. The molecule has 0 spiro atoms. The predicted molar refractivity (Wildman–Crippen MR) is 93.2 cm³/mol. The second kappa shape index (κ2) is 6.44. The van der Waals surface area contributed by atoms with E-state index in [-0.39, 0.29) is 17.3 Å². The molecule has 0 aliphatic heterocycles. The number of rotatable bonds is 4.